The Bertz CT molecular complexity index is 244. The third-order valence-corrected chi connectivity index (χ3v) is 2.16. The van der Waals surface area contributed by atoms with E-state index in [4.69, 9.17) is 5.73 Å². The first-order valence-corrected chi connectivity index (χ1v) is 4.51. The first-order chi connectivity index (χ1) is 5.93. The molecule has 0 aliphatic carbocycles. The second kappa shape index (κ2) is 3.52. The second-order valence-electron chi connectivity index (χ2n) is 4.33. The van der Waals surface area contributed by atoms with Gasteiger partial charge in [-0.25, -0.2) is 0 Å². The summed E-state index contributed by atoms with van der Waals surface area (Å²) in [4.78, 5) is 5.20. The number of rotatable bonds is 3. The maximum Gasteiger partial charge on any atom is 0.0532 e. The highest BCUT2D eigenvalue weighted by Crippen LogP contribution is 2.27. The molecule has 1 rings (SSSR count). The fourth-order valence-corrected chi connectivity index (χ4v) is 1.90. The molecule has 3 N–H and O–H groups in total. The fraction of sp³-hybridized carbons (Fsp3) is 0.600. The van der Waals surface area contributed by atoms with Gasteiger partial charge in [0.25, 0.3) is 0 Å². The van der Waals surface area contributed by atoms with Crippen LogP contribution in [0.15, 0.2) is 18.5 Å². The number of H-pyrrole nitrogens is 1. The summed E-state index contributed by atoms with van der Waals surface area (Å²) in [6, 6.07) is 2.32. The summed E-state index contributed by atoms with van der Waals surface area (Å²) in [6.07, 6.45) is 3.93. The lowest BCUT2D eigenvalue weighted by atomic mass is 9.90. The predicted molar refractivity (Wildman–Crippen MR) is 55.5 cm³/mol. The average Bonchev–Trinajstić information content (AvgIpc) is 2.34. The smallest absolute Gasteiger partial charge is 0.0532 e. The van der Waals surface area contributed by atoms with Crippen molar-refractivity contribution in [2.75, 3.05) is 14.1 Å². The Balaban J connectivity index is 2.94. The summed E-state index contributed by atoms with van der Waals surface area (Å²) in [5, 5.41) is 0. The van der Waals surface area contributed by atoms with Gasteiger partial charge in [-0.2, -0.15) is 0 Å². The van der Waals surface area contributed by atoms with Crippen LogP contribution < -0.4 is 5.73 Å². The highest BCUT2D eigenvalue weighted by Gasteiger charge is 2.28. The number of aromatic nitrogens is 1. The van der Waals surface area contributed by atoms with Crippen LogP contribution in [0, 0.1) is 0 Å². The maximum absolute atomic E-state index is 6.12. The Morgan fingerprint density at radius 2 is 2.08 bits per heavy atom. The molecule has 1 atom stereocenters. The van der Waals surface area contributed by atoms with Crippen molar-refractivity contribution in [3.8, 4) is 0 Å². The Hall–Kier alpha value is -0.800. The lowest BCUT2D eigenvalue weighted by molar-refractivity contribution is 0.205. The molecule has 0 saturated carbocycles. The molecule has 0 fully saturated rings. The van der Waals surface area contributed by atoms with Crippen LogP contribution >= 0.6 is 0 Å². The number of nitrogens with zero attached hydrogens (tertiary/aromatic N) is 1. The largest absolute Gasteiger partial charge is 0.367 e. The van der Waals surface area contributed by atoms with Crippen molar-refractivity contribution < 1.29 is 0 Å². The van der Waals surface area contributed by atoms with Crippen LogP contribution in [0.1, 0.15) is 25.5 Å². The Morgan fingerprint density at radius 1 is 1.46 bits per heavy atom. The van der Waals surface area contributed by atoms with Gasteiger partial charge in [0.15, 0.2) is 0 Å². The maximum atomic E-state index is 6.12. The van der Waals surface area contributed by atoms with Crippen molar-refractivity contribution in [3.63, 3.8) is 0 Å². The normalized spacial score (nSPS) is 14.9. The molecule has 3 heteroatoms. The van der Waals surface area contributed by atoms with Crippen molar-refractivity contribution in [1.29, 1.82) is 0 Å². The topological polar surface area (TPSA) is 45.0 Å². The van der Waals surface area contributed by atoms with E-state index in [9.17, 15) is 0 Å². The van der Waals surface area contributed by atoms with Gasteiger partial charge >= 0.3 is 0 Å². The molecule has 1 aromatic heterocycles. The molecule has 1 aromatic rings. The van der Waals surface area contributed by atoms with E-state index in [0.29, 0.717) is 0 Å². The van der Waals surface area contributed by atoms with E-state index in [2.05, 4.69) is 16.0 Å². The molecule has 0 radical (unpaired) electrons. The van der Waals surface area contributed by atoms with Crippen LogP contribution in [0.2, 0.25) is 0 Å². The SMILES string of the molecule is CN(C)C(c1cc[nH]c1)C(C)(C)N. The Labute approximate surface area is 79.9 Å². The van der Waals surface area contributed by atoms with Gasteiger partial charge in [0.1, 0.15) is 0 Å². The molecule has 0 bridgehead atoms. The molecule has 0 aliphatic heterocycles. The minimum absolute atomic E-state index is 0.230. The number of nitrogens with one attached hydrogen (secondary N) is 1. The Morgan fingerprint density at radius 3 is 2.38 bits per heavy atom. The predicted octanol–water partition coefficient (Wildman–Crippen LogP) is 1.35. The lowest BCUT2D eigenvalue weighted by Gasteiger charge is -2.35. The monoisotopic (exact) mass is 181 g/mol. The molecular weight excluding hydrogens is 162 g/mol. The molecule has 3 nitrogen and oxygen atoms in total. The van der Waals surface area contributed by atoms with Crippen LogP contribution in [0.5, 0.6) is 0 Å². The summed E-state index contributed by atoms with van der Waals surface area (Å²) in [5.41, 5.74) is 7.12. The van der Waals surface area contributed by atoms with E-state index in [1.165, 1.54) is 5.56 Å². The third-order valence-electron chi connectivity index (χ3n) is 2.16. The van der Waals surface area contributed by atoms with Gasteiger partial charge in [-0.05, 0) is 39.6 Å². The highest BCUT2D eigenvalue weighted by atomic mass is 15.1. The van der Waals surface area contributed by atoms with E-state index in [0.717, 1.165) is 0 Å². The van der Waals surface area contributed by atoms with E-state index < -0.39 is 0 Å². The quantitative estimate of drug-likeness (QED) is 0.739. The zero-order valence-corrected chi connectivity index (χ0v) is 8.83. The molecule has 0 saturated heterocycles. The molecule has 1 heterocycles. The van der Waals surface area contributed by atoms with Crippen molar-refractivity contribution >= 4 is 0 Å². The zero-order chi connectivity index (χ0) is 10.1. The van der Waals surface area contributed by atoms with E-state index in [1.807, 2.05) is 40.3 Å². The van der Waals surface area contributed by atoms with Crippen LogP contribution in [0.4, 0.5) is 0 Å². The summed E-state index contributed by atoms with van der Waals surface area (Å²) >= 11 is 0. The van der Waals surface area contributed by atoms with Crippen molar-refractivity contribution in [1.82, 2.24) is 9.88 Å². The van der Waals surface area contributed by atoms with E-state index in [-0.39, 0.29) is 11.6 Å². The molecular formula is C10H19N3. The van der Waals surface area contributed by atoms with Gasteiger partial charge in [0, 0.05) is 17.9 Å². The van der Waals surface area contributed by atoms with Gasteiger partial charge in [0.2, 0.25) is 0 Å². The van der Waals surface area contributed by atoms with Crippen LogP contribution in [-0.2, 0) is 0 Å². The molecule has 74 valence electrons. The number of likely N-dealkylation sites (N-methyl/N-ethyl adjacent to an activating group) is 1. The summed E-state index contributed by atoms with van der Waals surface area (Å²) in [7, 11) is 4.10. The van der Waals surface area contributed by atoms with Crippen molar-refractivity contribution in [3.05, 3.63) is 24.0 Å². The molecule has 1 unspecified atom stereocenters. The average molecular weight is 181 g/mol. The van der Waals surface area contributed by atoms with Crippen molar-refractivity contribution in [2.45, 2.75) is 25.4 Å². The van der Waals surface area contributed by atoms with Gasteiger partial charge in [-0.15, -0.1) is 0 Å². The molecule has 0 aliphatic rings. The third kappa shape index (κ3) is 2.32. The number of hydrogen-bond donors (Lipinski definition) is 2. The Kier molecular flexibility index (Phi) is 2.78. The van der Waals surface area contributed by atoms with Gasteiger partial charge in [-0.1, -0.05) is 0 Å². The van der Waals surface area contributed by atoms with E-state index >= 15 is 0 Å². The zero-order valence-electron chi connectivity index (χ0n) is 8.83. The number of hydrogen-bond acceptors (Lipinski definition) is 2. The lowest BCUT2D eigenvalue weighted by Crippen LogP contribution is -2.45. The fourth-order valence-electron chi connectivity index (χ4n) is 1.90. The second-order valence-corrected chi connectivity index (χ2v) is 4.33. The number of nitrogens with two attached hydrogens (primary N) is 1. The van der Waals surface area contributed by atoms with Crippen LogP contribution in [0.3, 0.4) is 0 Å². The molecule has 13 heavy (non-hydrogen) atoms. The summed E-state index contributed by atoms with van der Waals surface area (Å²) in [6.45, 7) is 4.09. The first-order valence-electron chi connectivity index (χ1n) is 4.51. The van der Waals surface area contributed by atoms with Gasteiger partial charge in [-0.3, -0.25) is 0 Å². The molecule has 0 amide bonds. The van der Waals surface area contributed by atoms with Gasteiger partial charge in [0.05, 0.1) is 6.04 Å². The molecule has 0 spiro atoms. The summed E-state index contributed by atoms with van der Waals surface area (Å²) in [5.74, 6) is 0. The highest BCUT2D eigenvalue weighted by molar-refractivity contribution is 5.18. The van der Waals surface area contributed by atoms with Crippen LogP contribution in [0.25, 0.3) is 0 Å². The number of aromatic amines is 1. The van der Waals surface area contributed by atoms with Crippen LogP contribution in [-0.4, -0.2) is 29.5 Å². The van der Waals surface area contributed by atoms with E-state index in [1.54, 1.807) is 0 Å². The first kappa shape index (κ1) is 10.3. The minimum Gasteiger partial charge on any atom is -0.367 e. The van der Waals surface area contributed by atoms with Crippen molar-refractivity contribution in [2.24, 2.45) is 5.73 Å². The standard InChI is InChI=1S/C10H19N3/c1-10(2,11)9(13(3)4)8-5-6-12-7-8/h5-7,9,12H,11H2,1-4H3. The molecule has 0 aromatic carbocycles. The summed E-state index contributed by atoms with van der Waals surface area (Å²) < 4.78 is 0. The van der Waals surface area contributed by atoms with Gasteiger partial charge < -0.3 is 15.6 Å². The minimum atomic E-state index is -0.230.